The molecule has 12 heteroatoms. The van der Waals surface area contributed by atoms with Gasteiger partial charge in [-0.2, -0.15) is 5.10 Å². The molecule has 0 aliphatic carbocycles. The molecule has 0 radical (unpaired) electrons. The molecule has 166 valence electrons. The summed E-state index contributed by atoms with van der Waals surface area (Å²) < 4.78 is 11.4. The van der Waals surface area contributed by atoms with Gasteiger partial charge in [-0.05, 0) is 36.8 Å². The molecule has 0 aliphatic heterocycles. The Kier molecular flexibility index (Phi) is 7.23. The Morgan fingerprint density at radius 1 is 1.28 bits per heavy atom. The number of halogens is 1. The van der Waals surface area contributed by atoms with Crippen LogP contribution in [0.15, 0.2) is 41.5 Å². The summed E-state index contributed by atoms with van der Waals surface area (Å²) >= 11 is 7.36. The first-order valence-electron chi connectivity index (χ1n) is 9.10. The lowest BCUT2D eigenvalue weighted by atomic mass is 10.2. The fourth-order valence-electron chi connectivity index (χ4n) is 2.68. The smallest absolute Gasteiger partial charge is 0.341 e. The average Bonchev–Trinajstić information content (AvgIpc) is 3.16. The van der Waals surface area contributed by atoms with Gasteiger partial charge in [0, 0.05) is 22.2 Å². The highest BCUT2D eigenvalue weighted by Gasteiger charge is 2.15. The molecule has 1 heterocycles. The van der Waals surface area contributed by atoms with Crippen LogP contribution in [0, 0.1) is 10.1 Å². The third-order valence-electron chi connectivity index (χ3n) is 3.99. The number of nitro benzene ring substituents is 1. The number of nitro groups is 1. The van der Waals surface area contributed by atoms with E-state index in [1.165, 1.54) is 35.8 Å². The fraction of sp³-hybridized carbons (Fsp3) is 0.150. The van der Waals surface area contributed by atoms with Crippen molar-refractivity contribution in [2.75, 3.05) is 13.2 Å². The number of carbonyl (C=O) groups is 2. The molecule has 0 spiro atoms. The Bertz CT molecular complexity index is 1230. The van der Waals surface area contributed by atoms with Gasteiger partial charge in [-0.25, -0.2) is 10.2 Å². The van der Waals surface area contributed by atoms with E-state index in [-0.39, 0.29) is 22.2 Å². The molecule has 0 atom stereocenters. The summed E-state index contributed by atoms with van der Waals surface area (Å²) in [7, 11) is 0. The van der Waals surface area contributed by atoms with E-state index in [9.17, 15) is 19.7 Å². The quantitative estimate of drug-likeness (QED) is 0.268. The van der Waals surface area contributed by atoms with Gasteiger partial charge in [-0.15, -0.1) is 11.3 Å². The number of hydrogen-bond donors (Lipinski definition) is 2. The SMILES string of the molecule is CCOc1cc(C=NNC(=O)c2cc3cc([N+](=O)[O-])ccc3s2)cc(Cl)c1OCC(=O)O. The van der Waals surface area contributed by atoms with Gasteiger partial charge in [-0.1, -0.05) is 11.6 Å². The number of carbonyl (C=O) groups excluding carboxylic acids is 1. The van der Waals surface area contributed by atoms with Crippen LogP contribution in [0.1, 0.15) is 22.2 Å². The molecule has 2 aromatic carbocycles. The van der Waals surface area contributed by atoms with Gasteiger partial charge < -0.3 is 14.6 Å². The summed E-state index contributed by atoms with van der Waals surface area (Å²) in [5.74, 6) is -1.31. The van der Waals surface area contributed by atoms with Crippen LogP contribution in [0.2, 0.25) is 5.02 Å². The second kappa shape index (κ2) is 10.1. The van der Waals surface area contributed by atoms with Crippen molar-refractivity contribution in [1.29, 1.82) is 0 Å². The molecule has 0 bridgehead atoms. The van der Waals surface area contributed by atoms with Gasteiger partial charge in [0.25, 0.3) is 11.6 Å². The number of rotatable bonds is 9. The van der Waals surface area contributed by atoms with Crippen LogP contribution in [0.25, 0.3) is 10.1 Å². The molecule has 10 nitrogen and oxygen atoms in total. The van der Waals surface area contributed by atoms with Crippen molar-refractivity contribution in [3.05, 3.63) is 62.0 Å². The first-order valence-corrected chi connectivity index (χ1v) is 10.3. The van der Waals surface area contributed by atoms with Crippen LogP contribution < -0.4 is 14.9 Å². The fourth-order valence-corrected chi connectivity index (χ4v) is 3.88. The van der Waals surface area contributed by atoms with Gasteiger partial charge in [0.1, 0.15) is 0 Å². The lowest BCUT2D eigenvalue weighted by molar-refractivity contribution is -0.384. The number of thiophene rings is 1. The minimum atomic E-state index is -1.16. The standard InChI is InChI=1S/C20H16ClN3O7S/c1-2-30-15-6-11(5-14(21)19(15)31-10-18(25)26)9-22-23-20(27)17-8-12-7-13(24(28)29)3-4-16(12)32-17/h3-9H,2,10H2,1H3,(H,23,27)(H,25,26). The van der Waals surface area contributed by atoms with Crippen molar-refractivity contribution in [2.24, 2.45) is 5.10 Å². The van der Waals surface area contributed by atoms with Crippen LogP contribution in [-0.2, 0) is 4.79 Å². The van der Waals surface area contributed by atoms with E-state index in [0.29, 0.717) is 22.4 Å². The molecule has 1 aromatic heterocycles. The predicted molar refractivity (Wildman–Crippen MR) is 119 cm³/mol. The number of carboxylic acid groups (broad SMARTS) is 1. The largest absolute Gasteiger partial charge is 0.490 e. The van der Waals surface area contributed by atoms with Crippen LogP contribution in [0.5, 0.6) is 11.5 Å². The van der Waals surface area contributed by atoms with Crippen molar-refractivity contribution in [2.45, 2.75) is 6.92 Å². The second-order valence-corrected chi connectivity index (χ2v) is 7.73. The first kappa shape index (κ1) is 23.0. The molecule has 0 saturated carbocycles. The van der Waals surface area contributed by atoms with Crippen molar-refractivity contribution >= 4 is 56.8 Å². The Labute approximate surface area is 190 Å². The summed E-state index contributed by atoms with van der Waals surface area (Å²) in [6.45, 7) is 1.46. The van der Waals surface area contributed by atoms with E-state index in [1.54, 1.807) is 25.1 Å². The molecule has 3 rings (SSSR count). The number of nitrogens with zero attached hydrogens (tertiary/aromatic N) is 2. The Morgan fingerprint density at radius 2 is 2.06 bits per heavy atom. The van der Waals surface area contributed by atoms with Gasteiger partial charge in [0.15, 0.2) is 18.1 Å². The van der Waals surface area contributed by atoms with Gasteiger partial charge in [0.2, 0.25) is 0 Å². The summed E-state index contributed by atoms with van der Waals surface area (Å²) in [6, 6.07) is 8.94. The zero-order valence-corrected chi connectivity index (χ0v) is 18.1. The maximum atomic E-state index is 12.4. The predicted octanol–water partition coefficient (Wildman–Crippen LogP) is 4.09. The van der Waals surface area contributed by atoms with E-state index in [4.69, 9.17) is 26.2 Å². The molecule has 0 saturated heterocycles. The number of benzene rings is 2. The van der Waals surface area contributed by atoms with Crippen LogP contribution >= 0.6 is 22.9 Å². The van der Waals surface area contributed by atoms with Crippen molar-refractivity contribution in [1.82, 2.24) is 5.43 Å². The number of amides is 1. The zero-order chi connectivity index (χ0) is 23.3. The Morgan fingerprint density at radius 3 is 2.75 bits per heavy atom. The molecule has 3 aromatic rings. The summed E-state index contributed by atoms with van der Waals surface area (Å²) in [6.07, 6.45) is 1.34. The number of fused-ring (bicyclic) bond motifs is 1. The van der Waals surface area contributed by atoms with Crippen molar-refractivity contribution < 1.29 is 29.1 Å². The van der Waals surface area contributed by atoms with E-state index in [2.05, 4.69) is 10.5 Å². The lowest BCUT2D eigenvalue weighted by Gasteiger charge is -2.13. The Hall–Kier alpha value is -3.70. The first-order chi connectivity index (χ1) is 15.3. The van der Waals surface area contributed by atoms with Crippen LogP contribution in [-0.4, -0.2) is 41.3 Å². The third-order valence-corrected chi connectivity index (χ3v) is 5.38. The number of ether oxygens (including phenoxy) is 2. The van der Waals surface area contributed by atoms with E-state index < -0.39 is 23.4 Å². The van der Waals surface area contributed by atoms with E-state index in [1.807, 2.05) is 0 Å². The Balaban J connectivity index is 1.74. The number of carboxylic acids is 1. The minimum absolute atomic E-state index is 0.0574. The number of non-ortho nitro benzene ring substituents is 1. The molecule has 32 heavy (non-hydrogen) atoms. The highest BCUT2D eigenvalue weighted by molar-refractivity contribution is 7.20. The van der Waals surface area contributed by atoms with Gasteiger partial charge >= 0.3 is 5.97 Å². The zero-order valence-electron chi connectivity index (χ0n) is 16.5. The molecular weight excluding hydrogens is 462 g/mol. The normalized spacial score (nSPS) is 10.9. The number of hydrazone groups is 1. The molecular formula is C20H16ClN3O7S. The number of nitrogens with one attached hydrogen (secondary N) is 1. The molecule has 0 aliphatic rings. The third kappa shape index (κ3) is 5.50. The molecule has 2 N–H and O–H groups in total. The van der Waals surface area contributed by atoms with Crippen molar-refractivity contribution in [3.63, 3.8) is 0 Å². The van der Waals surface area contributed by atoms with E-state index in [0.717, 1.165) is 4.70 Å². The average molecular weight is 478 g/mol. The summed E-state index contributed by atoms with van der Waals surface area (Å²) in [5.41, 5.74) is 2.81. The summed E-state index contributed by atoms with van der Waals surface area (Å²) in [5, 5.41) is 24.3. The maximum absolute atomic E-state index is 12.4. The van der Waals surface area contributed by atoms with Crippen LogP contribution in [0.4, 0.5) is 5.69 Å². The number of hydrogen-bond acceptors (Lipinski definition) is 8. The maximum Gasteiger partial charge on any atom is 0.341 e. The topological polar surface area (TPSA) is 140 Å². The molecule has 0 unspecified atom stereocenters. The van der Waals surface area contributed by atoms with Gasteiger partial charge in [0.05, 0.1) is 27.6 Å². The lowest BCUT2D eigenvalue weighted by Crippen LogP contribution is -2.16. The molecule has 1 amide bonds. The summed E-state index contributed by atoms with van der Waals surface area (Å²) in [4.78, 5) is 33.9. The number of aliphatic carboxylic acids is 1. The monoisotopic (exact) mass is 477 g/mol. The van der Waals surface area contributed by atoms with Crippen molar-refractivity contribution in [3.8, 4) is 11.5 Å². The second-order valence-electron chi connectivity index (χ2n) is 6.23. The molecule has 0 fully saturated rings. The van der Waals surface area contributed by atoms with E-state index >= 15 is 0 Å². The minimum Gasteiger partial charge on any atom is -0.490 e. The van der Waals surface area contributed by atoms with Gasteiger partial charge in [-0.3, -0.25) is 14.9 Å². The highest BCUT2D eigenvalue weighted by Crippen LogP contribution is 2.36. The van der Waals surface area contributed by atoms with Crippen LogP contribution in [0.3, 0.4) is 0 Å². The highest BCUT2D eigenvalue weighted by atomic mass is 35.5.